The normalized spacial score (nSPS) is 14.6. The van der Waals surface area contributed by atoms with E-state index in [-0.39, 0.29) is 18.1 Å². The minimum absolute atomic E-state index is 0.123. The standard InChI is InChI=1S/C26H28F4N4O2/c1-33(25(35)36-17-18-5-3-2-4-6-18)13-14-34-16-23(32-24(34)19-9-11-31-12-10-19)20-7-8-22(27)21(15-20)26(28,29)30/h2-8,15-16,19,31H,9-14,17H2,1H3. The van der Waals surface area contributed by atoms with Crippen LogP contribution in [0.3, 0.4) is 0 Å². The Labute approximate surface area is 206 Å². The molecule has 1 fully saturated rings. The van der Waals surface area contributed by atoms with Crippen molar-refractivity contribution in [3.05, 3.63) is 77.5 Å². The van der Waals surface area contributed by atoms with E-state index < -0.39 is 23.7 Å². The summed E-state index contributed by atoms with van der Waals surface area (Å²) in [6.45, 7) is 2.49. The zero-order valence-corrected chi connectivity index (χ0v) is 19.9. The molecule has 10 heteroatoms. The van der Waals surface area contributed by atoms with Crippen LogP contribution >= 0.6 is 0 Å². The number of alkyl halides is 3. The Morgan fingerprint density at radius 3 is 2.58 bits per heavy atom. The monoisotopic (exact) mass is 504 g/mol. The molecule has 0 atom stereocenters. The lowest BCUT2D eigenvalue weighted by molar-refractivity contribution is -0.139. The number of hydrogen-bond acceptors (Lipinski definition) is 4. The summed E-state index contributed by atoms with van der Waals surface area (Å²) < 4.78 is 60.8. The summed E-state index contributed by atoms with van der Waals surface area (Å²) in [4.78, 5) is 18.6. The average molecular weight is 505 g/mol. The molecule has 0 unspecified atom stereocenters. The molecule has 6 nitrogen and oxygen atoms in total. The van der Waals surface area contributed by atoms with Gasteiger partial charge in [-0.2, -0.15) is 13.2 Å². The van der Waals surface area contributed by atoms with E-state index in [2.05, 4.69) is 10.3 Å². The van der Waals surface area contributed by atoms with Crippen LogP contribution in [0.25, 0.3) is 11.3 Å². The van der Waals surface area contributed by atoms with Gasteiger partial charge in [-0.25, -0.2) is 14.2 Å². The van der Waals surface area contributed by atoms with Gasteiger partial charge in [-0.05, 0) is 49.7 Å². The van der Waals surface area contributed by atoms with Crippen molar-refractivity contribution in [2.75, 3.05) is 26.7 Å². The Morgan fingerprint density at radius 2 is 1.89 bits per heavy atom. The van der Waals surface area contributed by atoms with Gasteiger partial charge < -0.3 is 19.5 Å². The first-order chi connectivity index (χ1) is 17.2. The van der Waals surface area contributed by atoms with Crippen LogP contribution in [0.1, 0.15) is 35.7 Å². The molecule has 1 amide bonds. The fraction of sp³-hybridized carbons (Fsp3) is 0.385. The number of amides is 1. The molecular formula is C26H28F4N4O2. The smallest absolute Gasteiger partial charge is 0.419 e. The van der Waals surface area contributed by atoms with E-state index in [4.69, 9.17) is 4.74 Å². The predicted molar refractivity (Wildman–Crippen MR) is 127 cm³/mol. The van der Waals surface area contributed by atoms with Crippen molar-refractivity contribution in [3.63, 3.8) is 0 Å². The number of hydrogen-bond donors (Lipinski definition) is 1. The first-order valence-electron chi connectivity index (χ1n) is 11.8. The number of aromatic nitrogens is 2. The van der Waals surface area contributed by atoms with Gasteiger partial charge >= 0.3 is 12.3 Å². The largest absolute Gasteiger partial charge is 0.445 e. The van der Waals surface area contributed by atoms with E-state index in [1.807, 2.05) is 34.9 Å². The summed E-state index contributed by atoms with van der Waals surface area (Å²) in [5.41, 5.74) is 0.0831. The molecule has 0 bridgehead atoms. The molecule has 1 aliphatic rings. The molecule has 1 aromatic heterocycles. The highest BCUT2D eigenvalue weighted by molar-refractivity contribution is 5.67. The van der Waals surface area contributed by atoms with E-state index in [1.54, 1.807) is 13.2 Å². The Bertz CT molecular complexity index is 1170. The van der Waals surface area contributed by atoms with E-state index >= 15 is 0 Å². The average Bonchev–Trinajstić information content (AvgIpc) is 3.31. The summed E-state index contributed by atoms with van der Waals surface area (Å²) in [5.74, 6) is -0.451. The third kappa shape index (κ3) is 6.23. The van der Waals surface area contributed by atoms with Gasteiger partial charge in [0.2, 0.25) is 0 Å². The third-order valence-corrected chi connectivity index (χ3v) is 6.27. The molecule has 0 aliphatic carbocycles. The van der Waals surface area contributed by atoms with Gasteiger partial charge in [0.25, 0.3) is 0 Å². The highest BCUT2D eigenvalue weighted by atomic mass is 19.4. The van der Waals surface area contributed by atoms with E-state index in [9.17, 15) is 22.4 Å². The summed E-state index contributed by atoms with van der Waals surface area (Å²) in [6, 6.07) is 12.3. The van der Waals surface area contributed by atoms with Gasteiger partial charge in [0.15, 0.2) is 0 Å². The summed E-state index contributed by atoms with van der Waals surface area (Å²) in [7, 11) is 1.63. The van der Waals surface area contributed by atoms with Crippen molar-refractivity contribution < 1.29 is 27.1 Å². The molecular weight excluding hydrogens is 476 g/mol. The quantitative estimate of drug-likeness (QED) is 0.435. The maximum Gasteiger partial charge on any atom is 0.419 e. The highest BCUT2D eigenvalue weighted by Crippen LogP contribution is 2.35. The summed E-state index contributed by atoms with van der Waals surface area (Å²) in [5, 5.41) is 3.29. The van der Waals surface area contributed by atoms with Crippen LogP contribution in [0.5, 0.6) is 0 Å². The van der Waals surface area contributed by atoms with E-state index in [0.717, 1.165) is 49.5 Å². The topological polar surface area (TPSA) is 59.4 Å². The van der Waals surface area contributed by atoms with Crippen LogP contribution in [-0.2, 0) is 24.1 Å². The van der Waals surface area contributed by atoms with Crippen molar-refractivity contribution >= 4 is 6.09 Å². The highest BCUT2D eigenvalue weighted by Gasteiger charge is 2.34. The van der Waals surface area contributed by atoms with Crippen LogP contribution < -0.4 is 5.32 Å². The lowest BCUT2D eigenvalue weighted by Crippen LogP contribution is -2.32. The van der Waals surface area contributed by atoms with Crippen molar-refractivity contribution in [1.82, 2.24) is 19.8 Å². The van der Waals surface area contributed by atoms with Crippen molar-refractivity contribution in [1.29, 1.82) is 0 Å². The summed E-state index contributed by atoms with van der Waals surface area (Å²) in [6.07, 6.45) is -1.93. The maximum absolute atomic E-state index is 13.8. The first kappa shape index (κ1) is 25.7. The fourth-order valence-electron chi connectivity index (χ4n) is 4.23. The van der Waals surface area contributed by atoms with Crippen LogP contribution in [0.2, 0.25) is 0 Å². The molecule has 1 N–H and O–H groups in total. The van der Waals surface area contributed by atoms with E-state index in [1.165, 1.54) is 11.0 Å². The lowest BCUT2D eigenvalue weighted by Gasteiger charge is -2.24. The molecule has 36 heavy (non-hydrogen) atoms. The Balaban J connectivity index is 1.51. The van der Waals surface area contributed by atoms with Gasteiger partial charge in [0.05, 0.1) is 11.3 Å². The number of halogens is 4. The molecule has 0 spiro atoms. The van der Waals surface area contributed by atoms with Gasteiger partial charge in [-0.15, -0.1) is 0 Å². The number of benzene rings is 2. The van der Waals surface area contributed by atoms with Gasteiger partial charge in [-0.3, -0.25) is 0 Å². The maximum atomic E-state index is 13.8. The van der Waals surface area contributed by atoms with Gasteiger partial charge in [0.1, 0.15) is 18.2 Å². The van der Waals surface area contributed by atoms with Gasteiger partial charge in [-0.1, -0.05) is 30.3 Å². The third-order valence-electron chi connectivity index (χ3n) is 6.27. The molecule has 2 aromatic carbocycles. The minimum atomic E-state index is -4.80. The lowest BCUT2D eigenvalue weighted by atomic mass is 9.97. The second kappa shape index (κ2) is 11.1. The zero-order chi connectivity index (χ0) is 25.7. The Kier molecular flexibility index (Phi) is 7.93. The van der Waals surface area contributed by atoms with Crippen molar-refractivity contribution in [2.24, 2.45) is 0 Å². The molecule has 1 aliphatic heterocycles. The second-order valence-electron chi connectivity index (χ2n) is 8.86. The molecule has 0 radical (unpaired) electrons. The Morgan fingerprint density at radius 1 is 1.17 bits per heavy atom. The van der Waals surface area contributed by atoms with Crippen LogP contribution in [-0.4, -0.2) is 47.2 Å². The van der Waals surface area contributed by atoms with Gasteiger partial charge in [0, 0.05) is 37.8 Å². The number of piperidine rings is 1. The molecule has 2 heterocycles. The predicted octanol–water partition coefficient (Wildman–Crippen LogP) is 5.44. The number of rotatable bonds is 7. The zero-order valence-electron chi connectivity index (χ0n) is 19.9. The number of imidazole rings is 1. The van der Waals surface area contributed by atoms with Crippen LogP contribution in [0.15, 0.2) is 54.7 Å². The molecule has 192 valence electrons. The SMILES string of the molecule is CN(CCn1cc(-c2ccc(F)c(C(F)(F)F)c2)nc1C1CCNCC1)C(=O)OCc1ccccc1. The number of carbonyl (C=O) groups is 1. The van der Waals surface area contributed by atoms with Crippen LogP contribution in [0.4, 0.5) is 22.4 Å². The molecule has 3 aromatic rings. The second-order valence-corrected chi connectivity index (χ2v) is 8.86. The van der Waals surface area contributed by atoms with E-state index in [0.29, 0.717) is 18.8 Å². The number of nitrogens with zero attached hydrogens (tertiary/aromatic N) is 3. The van der Waals surface area contributed by atoms with Crippen molar-refractivity contribution in [3.8, 4) is 11.3 Å². The number of nitrogens with one attached hydrogen (secondary N) is 1. The van der Waals surface area contributed by atoms with Crippen molar-refractivity contribution in [2.45, 2.75) is 38.1 Å². The molecule has 4 rings (SSSR count). The number of carbonyl (C=O) groups excluding carboxylic acids is 1. The number of ether oxygens (including phenoxy) is 1. The molecule has 0 saturated carbocycles. The van der Waals surface area contributed by atoms with Crippen LogP contribution in [0, 0.1) is 5.82 Å². The molecule has 1 saturated heterocycles. The fourth-order valence-corrected chi connectivity index (χ4v) is 4.23. The first-order valence-corrected chi connectivity index (χ1v) is 11.8. The number of likely N-dealkylation sites (N-methyl/N-ethyl adjacent to an activating group) is 1. The summed E-state index contributed by atoms with van der Waals surface area (Å²) >= 11 is 0. The minimum Gasteiger partial charge on any atom is -0.445 e. The Hall–Kier alpha value is -3.40.